The second kappa shape index (κ2) is 8.82. The van der Waals surface area contributed by atoms with E-state index < -0.39 is 34.7 Å². The maximum atomic E-state index is 13.2. The van der Waals surface area contributed by atoms with Crippen LogP contribution in [-0.2, 0) is 16.1 Å². The quantitative estimate of drug-likeness (QED) is 0.796. The largest absolute Gasteiger partial charge is 0.351 e. The minimum Gasteiger partial charge on any atom is -0.351 e. The van der Waals surface area contributed by atoms with Gasteiger partial charge in [0.2, 0.25) is 11.8 Å². The van der Waals surface area contributed by atoms with Crippen LogP contribution in [0.2, 0.25) is 0 Å². The molecule has 3 N–H and O–H groups in total. The Morgan fingerprint density at radius 2 is 1.69 bits per heavy atom. The van der Waals surface area contributed by atoms with E-state index in [1.165, 1.54) is 53.4 Å². The number of nitrogens with one attached hydrogen (secondary N) is 1. The highest BCUT2D eigenvalue weighted by Crippen LogP contribution is 2.30. The van der Waals surface area contributed by atoms with Gasteiger partial charge in [-0.1, -0.05) is 23.9 Å². The highest BCUT2D eigenvalue weighted by molar-refractivity contribution is 8.15. The number of imide groups is 1. The molecule has 1 aliphatic heterocycles. The van der Waals surface area contributed by atoms with Crippen LogP contribution >= 0.6 is 11.8 Å². The first-order chi connectivity index (χ1) is 13.8. The molecular weight excluding hydrogens is 402 g/mol. The van der Waals surface area contributed by atoms with Crippen molar-refractivity contribution in [1.29, 1.82) is 0 Å². The number of urea groups is 1. The summed E-state index contributed by atoms with van der Waals surface area (Å²) < 4.78 is 26.3. The zero-order valence-electron chi connectivity index (χ0n) is 15.0. The van der Waals surface area contributed by atoms with Crippen molar-refractivity contribution in [2.24, 2.45) is 10.7 Å². The minimum absolute atomic E-state index is 0.107. The van der Waals surface area contributed by atoms with E-state index in [2.05, 4.69) is 4.99 Å². The monoisotopic (exact) mass is 418 g/mol. The lowest BCUT2D eigenvalue weighted by atomic mass is 10.2. The average Bonchev–Trinajstić information content (AvgIpc) is 2.67. The number of primary amides is 1. The van der Waals surface area contributed by atoms with Crippen molar-refractivity contribution in [3.8, 4) is 0 Å². The number of nitrogens with zero attached hydrogens (tertiary/aromatic N) is 2. The SMILES string of the molecule is NC(=O)NC(=O)C1CC(=O)N(Cc2ccc(F)cc2)C(=Nc2ccc(F)cc2)S1. The van der Waals surface area contributed by atoms with Gasteiger partial charge in [-0.05, 0) is 42.0 Å². The Hall–Kier alpha value is -3.27. The van der Waals surface area contributed by atoms with Gasteiger partial charge >= 0.3 is 6.03 Å². The molecule has 0 aromatic heterocycles. The fourth-order valence-corrected chi connectivity index (χ4v) is 3.70. The zero-order chi connectivity index (χ0) is 21.0. The second-order valence-corrected chi connectivity index (χ2v) is 7.31. The average molecular weight is 418 g/mol. The molecule has 10 heteroatoms. The first kappa shape index (κ1) is 20.5. The molecule has 1 aliphatic rings. The number of nitrogens with two attached hydrogens (primary N) is 1. The van der Waals surface area contributed by atoms with Crippen molar-refractivity contribution in [3.63, 3.8) is 0 Å². The molecule has 1 fully saturated rings. The van der Waals surface area contributed by atoms with E-state index in [1.54, 1.807) is 0 Å². The van der Waals surface area contributed by atoms with Crippen molar-refractivity contribution in [1.82, 2.24) is 10.2 Å². The maximum absolute atomic E-state index is 13.2. The number of aliphatic imine (C=N–C) groups is 1. The second-order valence-electron chi connectivity index (χ2n) is 6.14. The Labute approximate surface area is 169 Å². The molecular formula is C19H16F2N4O3S. The van der Waals surface area contributed by atoms with Gasteiger partial charge < -0.3 is 5.73 Å². The molecule has 0 aliphatic carbocycles. The molecule has 0 bridgehead atoms. The van der Waals surface area contributed by atoms with Crippen molar-refractivity contribution >= 4 is 40.5 Å². The summed E-state index contributed by atoms with van der Waals surface area (Å²) in [6.07, 6.45) is -0.173. The molecule has 2 aromatic carbocycles. The number of hydrogen-bond donors (Lipinski definition) is 2. The molecule has 7 nitrogen and oxygen atoms in total. The van der Waals surface area contributed by atoms with E-state index in [-0.39, 0.29) is 18.1 Å². The van der Waals surface area contributed by atoms with Crippen LogP contribution in [0, 0.1) is 11.6 Å². The van der Waals surface area contributed by atoms with Crippen molar-refractivity contribution in [2.75, 3.05) is 0 Å². The molecule has 1 heterocycles. The first-order valence-corrected chi connectivity index (χ1v) is 9.36. The summed E-state index contributed by atoms with van der Waals surface area (Å²) in [5, 5.41) is 1.25. The van der Waals surface area contributed by atoms with E-state index in [4.69, 9.17) is 5.73 Å². The van der Waals surface area contributed by atoms with E-state index in [0.717, 1.165) is 11.8 Å². The number of amides is 4. The molecule has 3 rings (SSSR count). The summed E-state index contributed by atoms with van der Waals surface area (Å²) in [6.45, 7) is 0.107. The highest BCUT2D eigenvalue weighted by atomic mass is 32.2. The number of carbonyl (C=O) groups is 3. The molecule has 1 atom stereocenters. The van der Waals surface area contributed by atoms with Gasteiger partial charge in [0, 0.05) is 6.42 Å². The summed E-state index contributed by atoms with van der Waals surface area (Å²) in [5.74, 6) is -1.96. The van der Waals surface area contributed by atoms with E-state index in [0.29, 0.717) is 11.3 Å². The number of thioether (sulfide) groups is 1. The molecule has 29 heavy (non-hydrogen) atoms. The summed E-state index contributed by atoms with van der Waals surface area (Å²) >= 11 is 0.982. The summed E-state index contributed by atoms with van der Waals surface area (Å²) in [6, 6.07) is 9.89. The van der Waals surface area contributed by atoms with Gasteiger partial charge in [-0.3, -0.25) is 19.8 Å². The van der Waals surface area contributed by atoms with Gasteiger partial charge in [0.05, 0.1) is 12.2 Å². The maximum Gasteiger partial charge on any atom is 0.318 e. The molecule has 150 valence electrons. The summed E-state index contributed by atoms with van der Waals surface area (Å²) in [7, 11) is 0. The van der Waals surface area contributed by atoms with E-state index in [1.807, 2.05) is 5.32 Å². The number of hydrogen-bond acceptors (Lipinski definition) is 5. The van der Waals surface area contributed by atoms with Crippen molar-refractivity contribution < 1.29 is 23.2 Å². The van der Waals surface area contributed by atoms with Gasteiger partial charge in [0.15, 0.2) is 5.17 Å². The Balaban J connectivity index is 1.90. The topological polar surface area (TPSA) is 105 Å². The van der Waals surface area contributed by atoms with Crippen LogP contribution in [0.3, 0.4) is 0 Å². The fourth-order valence-electron chi connectivity index (χ4n) is 2.60. The van der Waals surface area contributed by atoms with Crippen LogP contribution < -0.4 is 11.1 Å². The van der Waals surface area contributed by atoms with Crippen LogP contribution in [0.15, 0.2) is 53.5 Å². The van der Waals surface area contributed by atoms with Crippen LogP contribution in [0.5, 0.6) is 0 Å². The third kappa shape index (κ3) is 5.38. The van der Waals surface area contributed by atoms with Crippen LogP contribution in [0.1, 0.15) is 12.0 Å². The Kier molecular flexibility index (Phi) is 6.23. The predicted molar refractivity (Wildman–Crippen MR) is 104 cm³/mol. The number of halogens is 2. The van der Waals surface area contributed by atoms with Crippen LogP contribution in [0.4, 0.5) is 19.3 Å². The molecule has 1 unspecified atom stereocenters. The highest BCUT2D eigenvalue weighted by Gasteiger charge is 2.36. The zero-order valence-corrected chi connectivity index (χ0v) is 15.8. The number of rotatable bonds is 4. The van der Waals surface area contributed by atoms with Gasteiger partial charge in [-0.15, -0.1) is 0 Å². The molecule has 1 saturated heterocycles. The predicted octanol–water partition coefficient (Wildman–Crippen LogP) is 2.68. The van der Waals surface area contributed by atoms with Gasteiger partial charge in [0.1, 0.15) is 16.9 Å². The number of benzene rings is 2. The first-order valence-electron chi connectivity index (χ1n) is 8.48. The van der Waals surface area contributed by atoms with Crippen LogP contribution in [0.25, 0.3) is 0 Å². The summed E-state index contributed by atoms with van der Waals surface area (Å²) in [4.78, 5) is 41.6. The number of amidine groups is 1. The third-order valence-electron chi connectivity index (χ3n) is 3.98. The minimum atomic E-state index is -1.02. The molecule has 0 spiro atoms. The molecule has 0 saturated carbocycles. The standard InChI is InChI=1S/C19H16F2N4O3S/c20-12-3-1-11(2-4-12)10-25-16(26)9-15(17(27)24-18(22)28)29-19(25)23-14-7-5-13(21)6-8-14/h1-8,15H,9-10H2,(H3,22,24,27,28). The Morgan fingerprint density at radius 1 is 1.10 bits per heavy atom. The Morgan fingerprint density at radius 3 is 2.28 bits per heavy atom. The lowest BCUT2D eigenvalue weighted by Gasteiger charge is -2.31. The van der Waals surface area contributed by atoms with Gasteiger partial charge in [-0.2, -0.15) is 0 Å². The number of carbonyl (C=O) groups excluding carboxylic acids is 3. The van der Waals surface area contributed by atoms with Crippen molar-refractivity contribution in [2.45, 2.75) is 18.2 Å². The lowest BCUT2D eigenvalue weighted by Crippen LogP contribution is -2.48. The Bertz CT molecular complexity index is 964. The van der Waals surface area contributed by atoms with Crippen molar-refractivity contribution in [3.05, 3.63) is 65.7 Å². The van der Waals surface area contributed by atoms with Crippen LogP contribution in [-0.4, -0.2) is 33.2 Å². The smallest absolute Gasteiger partial charge is 0.318 e. The van der Waals surface area contributed by atoms with Gasteiger partial charge in [-0.25, -0.2) is 18.6 Å². The molecule has 0 radical (unpaired) electrons. The van der Waals surface area contributed by atoms with E-state index >= 15 is 0 Å². The lowest BCUT2D eigenvalue weighted by molar-refractivity contribution is -0.130. The third-order valence-corrected chi connectivity index (χ3v) is 5.17. The van der Waals surface area contributed by atoms with Gasteiger partial charge in [0.25, 0.3) is 0 Å². The van der Waals surface area contributed by atoms with E-state index in [9.17, 15) is 23.2 Å². The molecule has 4 amide bonds. The summed E-state index contributed by atoms with van der Waals surface area (Å²) in [5.41, 5.74) is 6.01. The molecule has 2 aromatic rings. The normalized spacial score (nSPS) is 18.0. The fraction of sp³-hybridized carbons (Fsp3) is 0.158.